The predicted octanol–water partition coefficient (Wildman–Crippen LogP) is 4.66. The second-order valence-corrected chi connectivity index (χ2v) is 11.9. The molecule has 0 aliphatic heterocycles. The van der Waals surface area contributed by atoms with Crippen molar-refractivity contribution in [1.82, 2.24) is 0 Å². The standard InChI is InChI=1S/C24H30O4Si2/c1-29(27-17-21-9-5-3-6-10-21)19-25-23-13-15-24(16-14-23)26-20-30(2)28-18-22-11-7-4-8-12-22/h3-16,29-30H,17-20H2,1-2H3. The van der Waals surface area contributed by atoms with Crippen LogP contribution in [0.3, 0.4) is 0 Å². The van der Waals surface area contributed by atoms with Gasteiger partial charge in [-0.05, 0) is 48.5 Å². The molecule has 0 aromatic heterocycles. The lowest BCUT2D eigenvalue weighted by atomic mass is 10.2. The van der Waals surface area contributed by atoms with E-state index in [1.165, 1.54) is 11.1 Å². The summed E-state index contributed by atoms with van der Waals surface area (Å²) in [6, 6.07) is 28.3. The first kappa shape index (κ1) is 22.3. The molecule has 0 spiro atoms. The Kier molecular flexibility index (Phi) is 9.17. The van der Waals surface area contributed by atoms with Gasteiger partial charge < -0.3 is 18.3 Å². The maximum Gasteiger partial charge on any atom is 0.213 e. The summed E-state index contributed by atoms with van der Waals surface area (Å²) in [4.78, 5) is 0. The van der Waals surface area contributed by atoms with Crippen LogP contribution in [0.2, 0.25) is 13.1 Å². The summed E-state index contributed by atoms with van der Waals surface area (Å²) in [7, 11) is -2.76. The second kappa shape index (κ2) is 12.3. The highest BCUT2D eigenvalue weighted by Gasteiger charge is 2.09. The van der Waals surface area contributed by atoms with Crippen molar-refractivity contribution in [2.24, 2.45) is 0 Å². The fourth-order valence-electron chi connectivity index (χ4n) is 2.78. The lowest BCUT2D eigenvalue weighted by Gasteiger charge is -2.15. The lowest BCUT2D eigenvalue weighted by molar-refractivity contribution is 0.275. The third kappa shape index (κ3) is 8.16. The van der Waals surface area contributed by atoms with E-state index in [4.69, 9.17) is 18.3 Å². The van der Waals surface area contributed by atoms with Gasteiger partial charge in [0.15, 0.2) is 0 Å². The smallest absolute Gasteiger partial charge is 0.213 e. The molecular weight excluding hydrogens is 408 g/mol. The van der Waals surface area contributed by atoms with Crippen molar-refractivity contribution in [3.63, 3.8) is 0 Å². The Bertz CT molecular complexity index is 772. The Hall–Kier alpha value is -2.39. The molecule has 0 N–H and O–H groups in total. The summed E-state index contributed by atoms with van der Waals surface area (Å²) in [5.41, 5.74) is 2.40. The highest BCUT2D eigenvalue weighted by molar-refractivity contribution is 6.50. The number of hydrogen-bond donors (Lipinski definition) is 0. The second-order valence-electron chi connectivity index (χ2n) is 7.31. The zero-order chi connectivity index (χ0) is 21.0. The summed E-state index contributed by atoms with van der Waals surface area (Å²) < 4.78 is 23.7. The molecule has 2 unspecified atom stereocenters. The molecule has 3 rings (SSSR count). The van der Waals surface area contributed by atoms with Gasteiger partial charge in [0, 0.05) is 0 Å². The first-order valence-electron chi connectivity index (χ1n) is 10.4. The number of rotatable bonds is 12. The van der Waals surface area contributed by atoms with Gasteiger partial charge >= 0.3 is 0 Å². The van der Waals surface area contributed by atoms with E-state index in [9.17, 15) is 0 Å². The maximum atomic E-state index is 5.97. The molecule has 0 aliphatic rings. The highest BCUT2D eigenvalue weighted by atomic mass is 28.3. The largest absolute Gasteiger partial charge is 0.495 e. The molecule has 0 amide bonds. The summed E-state index contributed by atoms with van der Waals surface area (Å²) in [5.74, 6) is 1.69. The molecule has 0 radical (unpaired) electrons. The van der Waals surface area contributed by atoms with Crippen LogP contribution in [0.1, 0.15) is 11.1 Å². The number of hydrogen-bond acceptors (Lipinski definition) is 4. The zero-order valence-electron chi connectivity index (χ0n) is 17.7. The molecule has 3 aromatic carbocycles. The van der Waals surface area contributed by atoms with Crippen LogP contribution in [-0.4, -0.2) is 30.5 Å². The van der Waals surface area contributed by atoms with Crippen molar-refractivity contribution in [3.05, 3.63) is 96.1 Å². The quantitative estimate of drug-likeness (QED) is 0.385. The Labute approximate surface area is 182 Å². The van der Waals surface area contributed by atoms with Gasteiger partial charge in [0.2, 0.25) is 18.1 Å². The summed E-state index contributed by atoms with van der Waals surface area (Å²) >= 11 is 0. The molecule has 0 bridgehead atoms. The van der Waals surface area contributed by atoms with E-state index in [0.717, 1.165) is 11.5 Å². The molecule has 2 atom stereocenters. The fraction of sp³-hybridized carbons (Fsp3) is 0.250. The van der Waals surface area contributed by atoms with Crippen LogP contribution >= 0.6 is 0 Å². The molecule has 0 saturated carbocycles. The first-order chi connectivity index (χ1) is 14.7. The third-order valence-electron chi connectivity index (χ3n) is 4.55. The van der Waals surface area contributed by atoms with Crippen molar-refractivity contribution in [3.8, 4) is 11.5 Å². The fourth-order valence-corrected chi connectivity index (χ4v) is 4.78. The van der Waals surface area contributed by atoms with Crippen LogP contribution < -0.4 is 9.47 Å². The van der Waals surface area contributed by atoms with E-state index in [1.54, 1.807) is 0 Å². The Morgan fingerprint density at radius 3 is 1.27 bits per heavy atom. The predicted molar refractivity (Wildman–Crippen MR) is 126 cm³/mol. The third-order valence-corrected chi connectivity index (χ3v) is 7.29. The van der Waals surface area contributed by atoms with Gasteiger partial charge in [-0.1, -0.05) is 60.7 Å². The highest BCUT2D eigenvalue weighted by Crippen LogP contribution is 2.18. The van der Waals surface area contributed by atoms with Crippen LogP contribution in [0.5, 0.6) is 11.5 Å². The molecule has 3 aromatic rings. The monoisotopic (exact) mass is 438 g/mol. The minimum absolute atomic E-state index is 0.643. The molecule has 4 nitrogen and oxygen atoms in total. The number of ether oxygens (including phenoxy) is 2. The normalized spacial score (nSPS) is 12.9. The van der Waals surface area contributed by atoms with Gasteiger partial charge in [0.1, 0.15) is 24.0 Å². The Morgan fingerprint density at radius 2 is 0.900 bits per heavy atom. The van der Waals surface area contributed by atoms with Gasteiger partial charge in [-0.2, -0.15) is 0 Å². The molecule has 0 fully saturated rings. The van der Waals surface area contributed by atoms with Crippen molar-refractivity contribution >= 4 is 18.1 Å². The van der Waals surface area contributed by atoms with E-state index in [-0.39, 0.29) is 0 Å². The van der Waals surface area contributed by atoms with Crippen LogP contribution in [0.25, 0.3) is 0 Å². The van der Waals surface area contributed by atoms with Gasteiger partial charge in [0.05, 0.1) is 13.2 Å². The zero-order valence-corrected chi connectivity index (χ0v) is 20.0. The SMILES string of the molecule is C[SiH](COc1ccc(OC[SiH](C)OCc2ccccc2)cc1)OCc1ccccc1. The van der Waals surface area contributed by atoms with E-state index in [1.807, 2.05) is 60.7 Å². The minimum atomic E-state index is -1.38. The van der Waals surface area contributed by atoms with Gasteiger partial charge in [-0.15, -0.1) is 0 Å². The average molecular weight is 439 g/mol. The molecule has 0 aliphatic carbocycles. The lowest BCUT2D eigenvalue weighted by Crippen LogP contribution is -2.23. The maximum absolute atomic E-state index is 5.97. The Morgan fingerprint density at radius 1 is 0.533 bits per heavy atom. The first-order valence-corrected chi connectivity index (χ1v) is 15.2. The summed E-state index contributed by atoms with van der Waals surface area (Å²) in [6.45, 7) is 5.61. The Balaban J connectivity index is 1.33. The van der Waals surface area contributed by atoms with Crippen molar-refractivity contribution in [2.45, 2.75) is 26.3 Å². The van der Waals surface area contributed by atoms with E-state index >= 15 is 0 Å². The molecule has 6 heteroatoms. The van der Waals surface area contributed by atoms with Crippen LogP contribution in [-0.2, 0) is 22.1 Å². The van der Waals surface area contributed by atoms with Crippen LogP contribution in [0, 0.1) is 0 Å². The van der Waals surface area contributed by atoms with Gasteiger partial charge in [-0.3, -0.25) is 0 Å². The van der Waals surface area contributed by atoms with Crippen LogP contribution in [0.4, 0.5) is 0 Å². The van der Waals surface area contributed by atoms with Crippen molar-refractivity contribution in [1.29, 1.82) is 0 Å². The van der Waals surface area contributed by atoms with Crippen molar-refractivity contribution in [2.75, 3.05) is 12.5 Å². The molecule has 30 heavy (non-hydrogen) atoms. The van der Waals surface area contributed by atoms with E-state index in [0.29, 0.717) is 25.7 Å². The molecule has 0 saturated heterocycles. The van der Waals surface area contributed by atoms with E-state index < -0.39 is 18.1 Å². The van der Waals surface area contributed by atoms with Gasteiger partial charge in [0.25, 0.3) is 0 Å². The van der Waals surface area contributed by atoms with Crippen LogP contribution in [0.15, 0.2) is 84.9 Å². The number of benzene rings is 3. The topological polar surface area (TPSA) is 36.9 Å². The summed E-state index contributed by atoms with van der Waals surface area (Å²) in [6.07, 6.45) is 1.29. The summed E-state index contributed by atoms with van der Waals surface area (Å²) in [5, 5.41) is 0. The average Bonchev–Trinajstić information content (AvgIpc) is 2.80. The molecule has 0 heterocycles. The molecule has 158 valence electrons. The molecular formula is C24H30O4Si2. The minimum Gasteiger partial charge on any atom is -0.495 e. The van der Waals surface area contributed by atoms with Gasteiger partial charge in [-0.25, -0.2) is 0 Å². The van der Waals surface area contributed by atoms with Crippen molar-refractivity contribution < 1.29 is 18.3 Å². The van der Waals surface area contributed by atoms with E-state index in [2.05, 4.69) is 37.4 Å².